The van der Waals surface area contributed by atoms with E-state index in [-0.39, 0.29) is 17.6 Å². The molecule has 11 heteroatoms. The van der Waals surface area contributed by atoms with Gasteiger partial charge in [-0.1, -0.05) is 23.1 Å². The van der Waals surface area contributed by atoms with Gasteiger partial charge in [-0.15, -0.1) is 21.5 Å². The largest absolute Gasteiger partial charge is 0.462 e. The lowest BCUT2D eigenvalue weighted by Crippen LogP contribution is -2.16. The van der Waals surface area contributed by atoms with Crippen molar-refractivity contribution in [2.75, 3.05) is 43.3 Å². The summed E-state index contributed by atoms with van der Waals surface area (Å²) < 4.78 is 10.9. The van der Waals surface area contributed by atoms with E-state index in [0.29, 0.717) is 39.8 Å². The summed E-state index contributed by atoms with van der Waals surface area (Å²) in [5, 5.41) is 15.4. The van der Waals surface area contributed by atoms with Crippen LogP contribution in [0.3, 0.4) is 0 Å². The average Bonchev–Trinajstić information content (AvgIpc) is 3.36. The van der Waals surface area contributed by atoms with E-state index in [2.05, 4.69) is 20.8 Å². The Morgan fingerprint density at radius 2 is 2.11 bits per heavy atom. The molecule has 8 nitrogen and oxygen atoms in total. The molecule has 1 amide bonds. The predicted octanol–water partition coefficient (Wildman–Crippen LogP) is 3.05. The van der Waals surface area contributed by atoms with Gasteiger partial charge in [0.1, 0.15) is 5.00 Å². The van der Waals surface area contributed by atoms with Crippen LogP contribution in [0, 0.1) is 0 Å². The summed E-state index contributed by atoms with van der Waals surface area (Å²) in [7, 11) is 1.64. The molecule has 2 N–H and O–H groups in total. The molecule has 0 saturated carbocycles. The summed E-state index contributed by atoms with van der Waals surface area (Å²) in [6, 6.07) is 0. The van der Waals surface area contributed by atoms with E-state index >= 15 is 0 Å². The van der Waals surface area contributed by atoms with Gasteiger partial charge in [0.15, 0.2) is 4.34 Å². The van der Waals surface area contributed by atoms with E-state index in [1.165, 1.54) is 39.3 Å². The summed E-state index contributed by atoms with van der Waals surface area (Å²) in [6.07, 6.45) is 2.84. The molecule has 0 bridgehead atoms. The zero-order valence-electron chi connectivity index (χ0n) is 15.7. The minimum absolute atomic E-state index is 0.181. The molecule has 152 valence electrons. The Morgan fingerprint density at radius 1 is 1.25 bits per heavy atom. The van der Waals surface area contributed by atoms with E-state index in [1.54, 1.807) is 14.0 Å². The van der Waals surface area contributed by atoms with Crippen LogP contribution in [0.2, 0.25) is 0 Å². The Bertz CT molecular complexity index is 836. The highest BCUT2D eigenvalue weighted by molar-refractivity contribution is 8.01. The van der Waals surface area contributed by atoms with Crippen LogP contribution in [-0.2, 0) is 27.1 Å². The fourth-order valence-electron chi connectivity index (χ4n) is 2.80. The summed E-state index contributed by atoms with van der Waals surface area (Å²) in [5.74, 6) is -0.349. The molecule has 2 aromatic heterocycles. The normalized spacial score (nSPS) is 12.6. The zero-order chi connectivity index (χ0) is 19.9. The minimum atomic E-state index is -0.360. The van der Waals surface area contributed by atoms with Gasteiger partial charge in [-0.25, -0.2) is 4.79 Å². The zero-order valence-corrected chi connectivity index (χ0v) is 18.2. The van der Waals surface area contributed by atoms with Crippen molar-refractivity contribution in [1.82, 2.24) is 10.2 Å². The summed E-state index contributed by atoms with van der Waals surface area (Å²) in [5.41, 5.74) is 1.56. The second-order valence-electron chi connectivity index (χ2n) is 5.91. The second kappa shape index (κ2) is 10.2. The Morgan fingerprint density at radius 3 is 2.89 bits per heavy atom. The molecule has 0 aromatic carbocycles. The summed E-state index contributed by atoms with van der Waals surface area (Å²) in [4.78, 5) is 25.9. The van der Waals surface area contributed by atoms with Crippen LogP contribution in [0.4, 0.5) is 10.1 Å². The molecule has 0 unspecified atom stereocenters. The fourth-order valence-corrected chi connectivity index (χ4v) is 5.67. The maximum Gasteiger partial charge on any atom is 0.341 e. The van der Waals surface area contributed by atoms with Crippen molar-refractivity contribution in [2.45, 2.75) is 30.5 Å². The van der Waals surface area contributed by atoms with Gasteiger partial charge in [-0.2, -0.15) is 0 Å². The van der Waals surface area contributed by atoms with Crippen LogP contribution in [0.15, 0.2) is 4.34 Å². The standard InChI is InChI=1S/C17H22N4O4S3/c1-3-25-15(23)13-10-5-4-6-11(10)27-14(13)19-12(22)9-26-17-21-20-16(28-17)18-7-8-24-2/h3-9H2,1-2H3,(H,18,20)(H,19,22). The first-order valence-corrected chi connectivity index (χ1v) is 11.5. The van der Waals surface area contributed by atoms with Crippen molar-refractivity contribution in [3.8, 4) is 0 Å². The van der Waals surface area contributed by atoms with Crippen LogP contribution >= 0.6 is 34.4 Å². The molecule has 1 aliphatic carbocycles. The lowest BCUT2D eigenvalue weighted by atomic mass is 10.1. The number of carbonyl (C=O) groups excluding carboxylic acids is 2. The van der Waals surface area contributed by atoms with Crippen LogP contribution in [0.5, 0.6) is 0 Å². The number of methoxy groups -OCH3 is 1. The quantitative estimate of drug-likeness (QED) is 0.329. The highest BCUT2D eigenvalue weighted by Crippen LogP contribution is 2.39. The molecule has 0 radical (unpaired) electrons. The number of aryl methyl sites for hydroxylation is 1. The van der Waals surface area contributed by atoms with Crippen molar-refractivity contribution >= 4 is 56.4 Å². The van der Waals surface area contributed by atoms with E-state index in [9.17, 15) is 9.59 Å². The number of nitrogens with one attached hydrogen (secondary N) is 2. The maximum atomic E-state index is 12.4. The SMILES string of the molecule is CCOC(=O)c1c(NC(=O)CSc2nnc(NCCOC)s2)sc2c1CCC2. The third kappa shape index (κ3) is 5.22. The van der Waals surface area contributed by atoms with Crippen LogP contribution in [0.25, 0.3) is 0 Å². The number of aromatic nitrogens is 2. The molecule has 1 aliphatic rings. The van der Waals surface area contributed by atoms with Gasteiger partial charge < -0.3 is 20.1 Å². The maximum absolute atomic E-state index is 12.4. The van der Waals surface area contributed by atoms with Crippen molar-refractivity contribution in [2.24, 2.45) is 0 Å². The van der Waals surface area contributed by atoms with Gasteiger partial charge in [-0.05, 0) is 31.7 Å². The van der Waals surface area contributed by atoms with Crippen molar-refractivity contribution in [1.29, 1.82) is 0 Å². The molecule has 28 heavy (non-hydrogen) atoms. The molecule has 2 aromatic rings. The van der Waals surface area contributed by atoms with Crippen molar-refractivity contribution in [3.05, 3.63) is 16.0 Å². The highest BCUT2D eigenvalue weighted by atomic mass is 32.2. The minimum Gasteiger partial charge on any atom is -0.462 e. The average molecular weight is 443 g/mol. The first kappa shape index (κ1) is 21.0. The number of carbonyl (C=O) groups is 2. The highest BCUT2D eigenvalue weighted by Gasteiger charge is 2.28. The summed E-state index contributed by atoms with van der Waals surface area (Å²) in [6.45, 7) is 3.32. The third-order valence-corrected chi connectivity index (χ3v) is 7.19. The molecule has 0 fully saturated rings. The monoisotopic (exact) mass is 442 g/mol. The number of hydrogen-bond donors (Lipinski definition) is 2. The third-order valence-electron chi connectivity index (χ3n) is 3.97. The number of nitrogens with zero attached hydrogens (tertiary/aromatic N) is 2. The number of rotatable bonds is 10. The van der Waals surface area contributed by atoms with Gasteiger partial charge in [0.05, 0.1) is 24.5 Å². The van der Waals surface area contributed by atoms with E-state index in [1.807, 2.05) is 0 Å². The molecular weight excluding hydrogens is 420 g/mol. The Labute approximate surface area is 175 Å². The molecule has 0 atom stereocenters. The Balaban J connectivity index is 1.57. The van der Waals surface area contributed by atoms with Gasteiger partial charge in [0, 0.05) is 18.5 Å². The lowest BCUT2D eigenvalue weighted by Gasteiger charge is -2.07. The lowest BCUT2D eigenvalue weighted by molar-refractivity contribution is -0.113. The molecule has 2 heterocycles. The van der Waals surface area contributed by atoms with Crippen molar-refractivity contribution in [3.63, 3.8) is 0 Å². The fraction of sp³-hybridized carbons (Fsp3) is 0.529. The van der Waals surface area contributed by atoms with Crippen LogP contribution in [-0.4, -0.2) is 54.7 Å². The van der Waals surface area contributed by atoms with Crippen LogP contribution < -0.4 is 10.6 Å². The first-order valence-electron chi connectivity index (χ1n) is 8.93. The topological polar surface area (TPSA) is 102 Å². The van der Waals surface area contributed by atoms with Gasteiger partial charge in [-0.3, -0.25) is 4.79 Å². The number of thiophene rings is 1. The number of anilines is 2. The molecule has 0 spiro atoms. The second-order valence-corrected chi connectivity index (χ2v) is 9.22. The molecule has 0 aliphatic heterocycles. The number of amides is 1. The summed E-state index contributed by atoms with van der Waals surface area (Å²) >= 11 is 4.18. The number of fused-ring (bicyclic) bond motifs is 1. The number of esters is 1. The van der Waals surface area contributed by atoms with Gasteiger partial charge >= 0.3 is 5.97 Å². The molecular formula is C17H22N4O4S3. The Kier molecular flexibility index (Phi) is 7.65. The smallest absolute Gasteiger partial charge is 0.341 e. The van der Waals surface area contributed by atoms with E-state index in [4.69, 9.17) is 9.47 Å². The first-order chi connectivity index (χ1) is 13.6. The van der Waals surface area contributed by atoms with Crippen LogP contribution in [0.1, 0.15) is 34.1 Å². The molecule has 3 rings (SSSR count). The number of thioether (sulfide) groups is 1. The predicted molar refractivity (Wildman–Crippen MR) is 112 cm³/mol. The van der Waals surface area contributed by atoms with E-state index in [0.717, 1.165) is 24.8 Å². The van der Waals surface area contributed by atoms with Gasteiger partial charge in [0.25, 0.3) is 0 Å². The Hall–Kier alpha value is -1.69. The van der Waals surface area contributed by atoms with E-state index < -0.39 is 0 Å². The number of hydrogen-bond acceptors (Lipinski definition) is 10. The number of ether oxygens (including phenoxy) is 2. The van der Waals surface area contributed by atoms with Crippen molar-refractivity contribution < 1.29 is 19.1 Å². The van der Waals surface area contributed by atoms with Gasteiger partial charge in [0.2, 0.25) is 11.0 Å². The molecule has 0 saturated heterocycles.